The third-order valence-electron chi connectivity index (χ3n) is 2.93. The van der Waals surface area contributed by atoms with E-state index in [0.29, 0.717) is 24.8 Å². The van der Waals surface area contributed by atoms with Crippen molar-refractivity contribution in [3.63, 3.8) is 0 Å². The zero-order chi connectivity index (χ0) is 13.3. The van der Waals surface area contributed by atoms with Crippen molar-refractivity contribution in [3.8, 4) is 0 Å². The number of allylic oxidation sites excluding steroid dienone is 1. The maximum atomic E-state index is 11.9. The highest BCUT2D eigenvalue weighted by Crippen LogP contribution is 2.15. The number of unbranched alkanes of at least 4 members (excludes halogenated alkanes) is 1. The molecule has 2 N–H and O–H groups in total. The number of carbonyl (C=O) groups excluding carboxylic acids is 1. The summed E-state index contributed by atoms with van der Waals surface area (Å²) in [5, 5.41) is 0. The van der Waals surface area contributed by atoms with Gasteiger partial charge in [0.1, 0.15) is 0 Å². The average Bonchev–Trinajstić information content (AvgIpc) is 2.27. The Hall–Kier alpha value is -0.830. The molecule has 0 aromatic heterocycles. The zero-order valence-electron chi connectivity index (χ0n) is 11.6. The molecule has 0 bridgehead atoms. The smallest absolute Gasteiger partial charge is 0.222 e. The van der Waals surface area contributed by atoms with Crippen molar-refractivity contribution in [2.75, 3.05) is 20.1 Å². The third-order valence-corrected chi connectivity index (χ3v) is 2.93. The second-order valence-electron chi connectivity index (χ2n) is 5.18. The van der Waals surface area contributed by atoms with Crippen LogP contribution in [-0.4, -0.2) is 30.9 Å². The molecule has 3 nitrogen and oxygen atoms in total. The van der Waals surface area contributed by atoms with E-state index in [0.717, 1.165) is 25.8 Å². The highest BCUT2D eigenvalue weighted by Gasteiger charge is 2.16. The molecule has 100 valence electrons. The Morgan fingerprint density at radius 2 is 2.12 bits per heavy atom. The summed E-state index contributed by atoms with van der Waals surface area (Å²) in [6, 6.07) is 0. The first kappa shape index (κ1) is 16.2. The zero-order valence-corrected chi connectivity index (χ0v) is 11.6. The van der Waals surface area contributed by atoms with E-state index < -0.39 is 0 Å². The van der Waals surface area contributed by atoms with Crippen LogP contribution < -0.4 is 5.73 Å². The van der Waals surface area contributed by atoms with Gasteiger partial charge in [-0.15, -0.1) is 6.58 Å². The lowest BCUT2D eigenvalue weighted by Crippen LogP contribution is -2.31. The van der Waals surface area contributed by atoms with Crippen LogP contribution in [0.2, 0.25) is 0 Å². The molecule has 0 saturated carbocycles. The topological polar surface area (TPSA) is 46.3 Å². The number of hydrogen-bond donors (Lipinski definition) is 1. The van der Waals surface area contributed by atoms with Crippen molar-refractivity contribution in [2.24, 2.45) is 17.6 Å². The van der Waals surface area contributed by atoms with Crippen molar-refractivity contribution < 1.29 is 4.79 Å². The molecule has 0 aliphatic carbocycles. The van der Waals surface area contributed by atoms with Gasteiger partial charge in [0.2, 0.25) is 5.91 Å². The summed E-state index contributed by atoms with van der Waals surface area (Å²) < 4.78 is 0. The van der Waals surface area contributed by atoms with Crippen LogP contribution in [0.15, 0.2) is 12.7 Å². The van der Waals surface area contributed by atoms with Gasteiger partial charge in [0.05, 0.1) is 0 Å². The van der Waals surface area contributed by atoms with Gasteiger partial charge in [-0.1, -0.05) is 19.9 Å². The van der Waals surface area contributed by atoms with Crippen molar-refractivity contribution in [3.05, 3.63) is 12.7 Å². The van der Waals surface area contributed by atoms with Crippen molar-refractivity contribution >= 4 is 5.91 Å². The first-order valence-electron chi connectivity index (χ1n) is 6.56. The van der Waals surface area contributed by atoms with Crippen LogP contribution in [0.4, 0.5) is 0 Å². The molecule has 17 heavy (non-hydrogen) atoms. The minimum atomic E-state index is 0.213. The van der Waals surface area contributed by atoms with E-state index in [1.807, 2.05) is 18.0 Å². The predicted octanol–water partition coefficient (Wildman–Crippen LogP) is 2.42. The van der Waals surface area contributed by atoms with Gasteiger partial charge < -0.3 is 10.6 Å². The molecule has 0 spiro atoms. The lowest BCUT2D eigenvalue weighted by Gasteiger charge is -2.21. The molecule has 0 aromatic rings. The number of hydrogen-bond acceptors (Lipinski definition) is 2. The standard InChI is InChI=1S/C14H28N2O/c1-5-6-7-8-16(4)14(17)10-13(11-15)9-12(2)3/h5,12-13H,1,6-11,15H2,2-4H3. The minimum Gasteiger partial charge on any atom is -0.346 e. The molecule has 0 aliphatic heterocycles. The lowest BCUT2D eigenvalue weighted by molar-refractivity contribution is -0.131. The summed E-state index contributed by atoms with van der Waals surface area (Å²) >= 11 is 0. The summed E-state index contributed by atoms with van der Waals surface area (Å²) in [6.07, 6.45) is 5.45. The van der Waals surface area contributed by atoms with Crippen LogP contribution in [0.25, 0.3) is 0 Å². The average molecular weight is 240 g/mol. The van der Waals surface area contributed by atoms with Crippen molar-refractivity contribution in [1.82, 2.24) is 4.90 Å². The van der Waals surface area contributed by atoms with Crippen LogP contribution in [-0.2, 0) is 4.79 Å². The maximum Gasteiger partial charge on any atom is 0.222 e. The fourth-order valence-electron chi connectivity index (χ4n) is 1.93. The molecule has 1 unspecified atom stereocenters. The van der Waals surface area contributed by atoms with Gasteiger partial charge in [-0.05, 0) is 37.6 Å². The van der Waals surface area contributed by atoms with Crippen LogP contribution >= 0.6 is 0 Å². The van der Waals surface area contributed by atoms with Crippen LogP contribution in [0, 0.1) is 11.8 Å². The third kappa shape index (κ3) is 7.97. The Morgan fingerprint density at radius 1 is 1.47 bits per heavy atom. The molecule has 0 rings (SSSR count). The molecule has 1 amide bonds. The number of nitrogens with two attached hydrogens (primary N) is 1. The van der Waals surface area contributed by atoms with Gasteiger partial charge in [0.15, 0.2) is 0 Å². The van der Waals surface area contributed by atoms with Gasteiger partial charge in [0.25, 0.3) is 0 Å². The van der Waals surface area contributed by atoms with Gasteiger partial charge in [-0.25, -0.2) is 0 Å². The van der Waals surface area contributed by atoms with Crippen LogP contribution in [0.1, 0.15) is 39.5 Å². The number of amides is 1. The minimum absolute atomic E-state index is 0.213. The summed E-state index contributed by atoms with van der Waals surface area (Å²) in [6.45, 7) is 9.42. The summed E-state index contributed by atoms with van der Waals surface area (Å²) in [5.74, 6) is 1.14. The van der Waals surface area contributed by atoms with E-state index >= 15 is 0 Å². The van der Waals surface area contributed by atoms with E-state index in [4.69, 9.17) is 5.73 Å². The maximum absolute atomic E-state index is 11.9. The van der Waals surface area contributed by atoms with Crippen LogP contribution in [0.3, 0.4) is 0 Å². The molecule has 0 aliphatic rings. The highest BCUT2D eigenvalue weighted by molar-refractivity contribution is 5.76. The van der Waals surface area contributed by atoms with E-state index in [1.165, 1.54) is 0 Å². The number of nitrogens with zero attached hydrogens (tertiary/aromatic N) is 1. The largest absolute Gasteiger partial charge is 0.346 e. The van der Waals surface area contributed by atoms with Crippen LogP contribution in [0.5, 0.6) is 0 Å². The second kappa shape index (κ2) is 9.23. The fourth-order valence-corrected chi connectivity index (χ4v) is 1.93. The van der Waals surface area contributed by atoms with E-state index in [2.05, 4.69) is 20.4 Å². The first-order chi connectivity index (χ1) is 8.01. The Bertz CT molecular complexity index is 226. The molecule has 0 aromatic carbocycles. The SMILES string of the molecule is C=CCCCN(C)C(=O)CC(CN)CC(C)C. The summed E-state index contributed by atoms with van der Waals surface area (Å²) in [5.41, 5.74) is 5.71. The second-order valence-corrected chi connectivity index (χ2v) is 5.18. The number of rotatable bonds is 9. The number of carbonyl (C=O) groups is 1. The van der Waals surface area contributed by atoms with E-state index in [-0.39, 0.29) is 5.91 Å². The molecule has 0 saturated heterocycles. The monoisotopic (exact) mass is 240 g/mol. The molecule has 0 fully saturated rings. The van der Waals surface area contributed by atoms with E-state index in [9.17, 15) is 4.79 Å². The molecule has 0 heterocycles. The van der Waals surface area contributed by atoms with Gasteiger partial charge in [-0.3, -0.25) is 4.79 Å². The molecule has 3 heteroatoms. The highest BCUT2D eigenvalue weighted by atomic mass is 16.2. The van der Waals surface area contributed by atoms with E-state index in [1.54, 1.807) is 0 Å². The molecular formula is C14H28N2O. The first-order valence-corrected chi connectivity index (χ1v) is 6.56. The predicted molar refractivity (Wildman–Crippen MR) is 73.7 cm³/mol. The van der Waals surface area contributed by atoms with Gasteiger partial charge in [0, 0.05) is 20.0 Å². The van der Waals surface area contributed by atoms with Gasteiger partial charge >= 0.3 is 0 Å². The van der Waals surface area contributed by atoms with Crippen molar-refractivity contribution in [1.29, 1.82) is 0 Å². The Kier molecular flexibility index (Phi) is 8.78. The Labute approximate surface area is 106 Å². The lowest BCUT2D eigenvalue weighted by atomic mass is 9.94. The normalized spacial score (nSPS) is 12.5. The Morgan fingerprint density at radius 3 is 2.59 bits per heavy atom. The summed E-state index contributed by atoms with van der Waals surface area (Å²) in [7, 11) is 1.87. The summed E-state index contributed by atoms with van der Waals surface area (Å²) in [4.78, 5) is 13.7. The van der Waals surface area contributed by atoms with Crippen molar-refractivity contribution in [2.45, 2.75) is 39.5 Å². The molecular weight excluding hydrogens is 212 g/mol. The molecule has 0 radical (unpaired) electrons. The van der Waals surface area contributed by atoms with Gasteiger partial charge in [-0.2, -0.15) is 0 Å². The fraction of sp³-hybridized carbons (Fsp3) is 0.786. The molecule has 1 atom stereocenters. The quantitative estimate of drug-likeness (QED) is 0.497. The Balaban J connectivity index is 3.98.